The number of amides is 2. The molecular formula is C33H36N10O2S. The van der Waals surface area contributed by atoms with Crippen molar-refractivity contribution < 1.29 is 9.59 Å². The van der Waals surface area contributed by atoms with Crippen LogP contribution in [0.15, 0.2) is 48.9 Å². The Morgan fingerprint density at radius 2 is 1.87 bits per heavy atom. The average molecular weight is 637 g/mol. The molecule has 8 rings (SSSR count). The molecule has 2 amide bonds. The molecule has 2 aliphatic heterocycles. The number of fused-ring (bicyclic) bond motifs is 1. The van der Waals surface area contributed by atoms with Crippen LogP contribution in [0.4, 0.5) is 17.6 Å². The van der Waals surface area contributed by atoms with Gasteiger partial charge >= 0.3 is 0 Å². The van der Waals surface area contributed by atoms with E-state index in [1.54, 1.807) is 6.20 Å². The SMILES string of the molecule is O=C(c1snnc1C1CC1)N1CCC2(C(=O)NCc3cccc(Nc4nccc(-c5cnc(N6CCCCC6)nc5)n4)c3)CC2C1. The Hall–Kier alpha value is -4.52. The molecule has 3 aromatic heterocycles. The third-order valence-corrected chi connectivity index (χ3v) is 10.5. The van der Waals surface area contributed by atoms with Crippen molar-refractivity contribution in [3.63, 3.8) is 0 Å². The Morgan fingerprint density at radius 1 is 1.02 bits per heavy atom. The minimum absolute atomic E-state index is 0.0238. The second-order valence-electron chi connectivity index (χ2n) is 12.9. The van der Waals surface area contributed by atoms with Gasteiger partial charge in [0.15, 0.2) is 0 Å². The number of hydrogen-bond acceptors (Lipinski definition) is 11. The molecule has 0 radical (unpaired) electrons. The van der Waals surface area contributed by atoms with Gasteiger partial charge in [-0.15, -0.1) is 5.10 Å². The molecule has 1 aromatic carbocycles. The summed E-state index contributed by atoms with van der Waals surface area (Å²) in [5.74, 6) is 1.92. The molecule has 0 bridgehead atoms. The number of benzene rings is 1. The van der Waals surface area contributed by atoms with Crippen molar-refractivity contribution in [2.24, 2.45) is 11.3 Å². The Bertz CT molecular complexity index is 1750. The number of rotatable bonds is 9. The fraction of sp³-hybridized carbons (Fsp3) is 0.455. The van der Waals surface area contributed by atoms with Gasteiger partial charge in [0.25, 0.3) is 5.91 Å². The molecule has 13 heteroatoms. The van der Waals surface area contributed by atoms with Crippen LogP contribution in [0.1, 0.15) is 71.8 Å². The smallest absolute Gasteiger partial charge is 0.267 e. The predicted molar refractivity (Wildman–Crippen MR) is 174 cm³/mol. The van der Waals surface area contributed by atoms with E-state index in [0.29, 0.717) is 42.8 Å². The number of aromatic nitrogens is 6. The highest BCUT2D eigenvalue weighted by Gasteiger charge is 2.62. The van der Waals surface area contributed by atoms with Gasteiger partial charge in [-0.1, -0.05) is 16.6 Å². The number of likely N-dealkylation sites (tertiary alicyclic amines) is 1. The maximum absolute atomic E-state index is 13.4. The molecular weight excluding hydrogens is 600 g/mol. The molecule has 2 saturated heterocycles. The number of piperidine rings is 2. The Kier molecular flexibility index (Phi) is 7.55. The zero-order chi connectivity index (χ0) is 31.1. The number of carbonyl (C=O) groups is 2. The van der Waals surface area contributed by atoms with Crippen LogP contribution in [0.2, 0.25) is 0 Å². The third-order valence-electron chi connectivity index (χ3n) is 9.78. The molecule has 0 spiro atoms. The lowest BCUT2D eigenvalue weighted by Gasteiger charge is -2.30. The first kappa shape index (κ1) is 28.9. The van der Waals surface area contributed by atoms with Crippen LogP contribution in [0.25, 0.3) is 11.3 Å². The first-order chi connectivity index (χ1) is 22.6. The molecule has 2 atom stereocenters. The zero-order valence-corrected chi connectivity index (χ0v) is 26.4. The molecule has 5 heterocycles. The summed E-state index contributed by atoms with van der Waals surface area (Å²) in [6.07, 6.45) is 12.7. The summed E-state index contributed by atoms with van der Waals surface area (Å²) in [6.45, 7) is 3.61. The molecule has 4 aromatic rings. The molecule has 12 nitrogen and oxygen atoms in total. The quantitative estimate of drug-likeness (QED) is 0.268. The second kappa shape index (κ2) is 12.0. The van der Waals surface area contributed by atoms with Gasteiger partial charge < -0.3 is 20.4 Å². The maximum Gasteiger partial charge on any atom is 0.267 e. The molecule has 2 unspecified atom stereocenters. The van der Waals surface area contributed by atoms with E-state index in [4.69, 9.17) is 4.98 Å². The maximum atomic E-state index is 13.4. The largest absolute Gasteiger partial charge is 0.352 e. The molecule has 2 aliphatic carbocycles. The number of anilines is 3. The lowest BCUT2D eigenvalue weighted by atomic mass is 9.93. The van der Waals surface area contributed by atoms with E-state index in [1.807, 2.05) is 47.6 Å². The van der Waals surface area contributed by atoms with E-state index in [1.165, 1.54) is 30.8 Å². The van der Waals surface area contributed by atoms with Crippen molar-refractivity contribution in [3.8, 4) is 11.3 Å². The van der Waals surface area contributed by atoms with Crippen LogP contribution in [0, 0.1) is 11.3 Å². The van der Waals surface area contributed by atoms with E-state index in [9.17, 15) is 9.59 Å². The van der Waals surface area contributed by atoms with Crippen molar-refractivity contribution in [1.82, 2.24) is 39.7 Å². The molecule has 2 N–H and O–H groups in total. The van der Waals surface area contributed by atoms with Gasteiger partial charge in [0.05, 0.1) is 16.8 Å². The first-order valence-corrected chi connectivity index (χ1v) is 17.0. The highest BCUT2D eigenvalue weighted by Crippen LogP contribution is 2.58. The van der Waals surface area contributed by atoms with Gasteiger partial charge in [0, 0.05) is 68.5 Å². The van der Waals surface area contributed by atoms with E-state index in [0.717, 1.165) is 66.5 Å². The standard InChI is InChI=1S/C33H36N10O2S/c44-29(28-27(22-7-8-22)40-41-46-28)43-14-10-33(16-24(33)20-43)30(45)35-17-21-5-4-6-25(15-21)38-31-34-11-9-26(39-31)23-18-36-32(37-19-23)42-12-2-1-3-13-42/h4-6,9,11,15,18-19,22,24H,1-3,7-8,10,12-14,16-17,20H2,(H,35,45)(H,34,38,39). The first-order valence-electron chi connectivity index (χ1n) is 16.2. The third kappa shape index (κ3) is 5.79. The van der Waals surface area contributed by atoms with Crippen molar-refractivity contribution in [3.05, 3.63) is 65.1 Å². The molecule has 2 saturated carbocycles. The summed E-state index contributed by atoms with van der Waals surface area (Å²) < 4.78 is 4.05. The van der Waals surface area contributed by atoms with Gasteiger partial charge in [-0.05, 0) is 86.2 Å². The van der Waals surface area contributed by atoms with Gasteiger partial charge in [-0.2, -0.15) is 0 Å². The zero-order valence-electron chi connectivity index (χ0n) is 25.6. The highest BCUT2D eigenvalue weighted by atomic mass is 32.1. The number of hydrogen-bond donors (Lipinski definition) is 2. The topological polar surface area (TPSA) is 142 Å². The average Bonchev–Trinajstić information content (AvgIpc) is 4.03. The lowest BCUT2D eigenvalue weighted by Crippen LogP contribution is -2.44. The van der Waals surface area contributed by atoms with Crippen LogP contribution < -0.4 is 15.5 Å². The van der Waals surface area contributed by atoms with Crippen LogP contribution in [-0.4, -0.2) is 72.4 Å². The van der Waals surface area contributed by atoms with E-state index in [-0.39, 0.29) is 23.1 Å². The minimum Gasteiger partial charge on any atom is -0.352 e. The highest BCUT2D eigenvalue weighted by molar-refractivity contribution is 7.08. The van der Waals surface area contributed by atoms with Crippen LogP contribution in [0.3, 0.4) is 0 Å². The van der Waals surface area contributed by atoms with E-state index < -0.39 is 0 Å². The fourth-order valence-corrected chi connectivity index (χ4v) is 7.56. The predicted octanol–water partition coefficient (Wildman–Crippen LogP) is 4.57. The number of carbonyl (C=O) groups excluding carboxylic acids is 2. The van der Waals surface area contributed by atoms with Crippen molar-refractivity contribution in [1.29, 1.82) is 0 Å². The molecule has 236 valence electrons. The lowest BCUT2D eigenvalue weighted by molar-refractivity contribution is -0.128. The summed E-state index contributed by atoms with van der Waals surface area (Å²) in [5, 5.41) is 10.7. The van der Waals surface area contributed by atoms with Crippen LogP contribution in [-0.2, 0) is 11.3 Å². The van der Waals surface area contributed by atoms with Crippen molar-refractivity contribution in [2.45, 2.75) is 57.4 Å². The number of nitrogens with zero attached hydrogens (tertiary/aromatic N) is 8. The van der Waals surface area contributed by atoms with Gasteiger partial charge in [-0.3, -0.25) is 9.59 Å². The summed E-state index contributed by atoms with van der Waals surface area (Å²) in [6, 6.07) is 9.74. The van der Waals surface area contributed by atoms with E-state index >= 15 is 0 Å². The number of nitrogens with one attached hydrogen (secondary N) is 2. The minimum atomic E-state index is -0.373. The molecule has 4 aliphatic rings. The fourth-order valence-electron chi connectivity index (χ4n) is 6.84. The van der Waals surface area contributed by atoms with Crippen molar-refractivity contribution >= 4 is 40.9 Å². The summed E-state index contributed by atoms with van der Waals surface area (Å²) >= 11 is 1.20. The molecule has 4 fully saturated rings. The van der Waals surface area contributed by atoms with Crippen LogP contribution >= 0.6 is 11.5 Å². The monoisotopic (exact) mass is 636 g/mol. The van der Waals surface area contributed by atoms with E-state index in [2.05, 4.69) is 40.1 Å². The second-order valence-corrected chi connectivity index (χ2v) is 13.7. The normalized spacial score (nSPS) is 22.2. The van der Waals surface area contributed by atoms with Crippen LogP contribution in [0.5, 0.6) is 0 Å². The summed E-state index contributed by atoms with van der Waals surface area (Å²) in [4.78, 5) is 49.7. The Labute approximate surface area is 271 Å². The molecule has 46 heavy (non-hydrogen) atoms. The van der Waals surface area contributed by atoms with Gasteiger partial charge in [0.2, 0.25) is 17.8 Å². The summed E-state index contributed by atoms with van der Waals surface area (Å²) in [7, 11) is 0. The van der Waals surface area contributed by atoms with Gasteiger partial charge in [-0.25, -0.2) is 19.9 Å². The van der Waals surface area contributed by atoms with Crippen molar-refractivity contribution in [2.75, 3.05) is 36.4 Å². The van der Waals surface area contributed by atoms with Gasteiger partial charge in [0.1, 0.15) is 4.88 Å². The Morgan fingerprint density at radius 3 is 2.67 bits per heavy atom. The summed E-state index contributed by atoms with van der Waals surface area (Å²) in [5.41, 5.74) is 3.87. The Balaban J connectivity index is 0.859.